The second-order valence-electron chi connectivity index (χ2n) is 4.20. The fraction of sp³-hybridized carbons (Fsp3) is 0. The third kappa shape index (κ3) is 2.75. The molecule has 0 bridgehead atoms. The lowest BCUT2D eigenvalue weighted by Crippen LogP contribution is -1.92. The number of phenols is 1. The van der Waals surface area contributed by atoms with Gasteiger partial charge in [-0.3, -0.25) is 0 Å². The minimum atomic E-state index is 0.160. The number of halogens is 1. The Morgan fingerprint density at radius 2 is 1.85 bits per heavy atom. The van der Waals surface area contributed by atoms with Crippen molar-refractivity contribution in [3.05, 3.63) is 65.9 Å². The summed E-state index contributed by atoms with van der Waals surface area (Å²) in [6, 6.07) is 13.9. The van der Waals surface area contributed by atoms with Gasteiger partial charge in [0, 0.05) is 11.1 Å². The van der Waals surface area contributed by atoms with Crippen molar-refractivity contribution in [2.75, 3.05) is 0 Å². The first-order valence-corrected chi connectivity index (χ1v) is 6.36. The van der Waals surface area contributed by atoms with Crippen LogP contribution in [0.5, 0.6) is 17.2 Å². The van der Waals surface area contributed by atoms with Gasteiger partial charge < -0.3 is 9.84 Å². The lowest BCUT2D eigenvalue weighted by Gasteiger charge is -2.03. The molecule has 0 aliphatic carbocycles. The maximum absolute atomic E-state index is 9.39. The molecule has 0 unspecified atom stereocenters. The molecule has 20 heavy (non-hydrogen) atoms. The molecular formula is C15H11ClN2O2. The van der Waals surface area contributed by atoms with Crippen LogP contribution in [0.25, 0.3) is 5.69 Å². The first-order chi connectivity index (χ1) is 9.70. The molecule has 0 radical (unpaired) electrons. The molecule has 3 aromatic rings. The molecule has 5 heteroatoms. The van der Waals surface area contributed by atoms with Gasteiger partial charge in [-0.1, -0.05) is 17.7 Å². The van der Waals surface area contributed by atoms with Gasteiger partial charge in [0.25, 0.3) is 0 Å². The van der Waals surface area contributed by atoms with Gasteiger partial charge >= 0.3 is 0 Å². The number of rotatable bonds is 3. The van der Waals surface area contributed by atoms with E-state index in [4.69, 9.17) is 16.3 Å². The van der Waals surface area contributed by atoms with Gasteiger partial charge in [-0.05, 0) is 36.4 Å². The van der Waals surface area contributed by atoms with E-state index >= 15 is 0 Å². The number of hydrogen-bond donors (Lipinski definition) is 1. The van der Waals surface area contributed by atoms with Crippen molar-refractivity contribution in [2.45, 2.75) is 0 Å². The zero-order valence-corrected chi connectivity index (χ0v) is 11.2. The second-order valence-corrected chi connectivity index (χ2v) is 4.63. The van der Waals surface area contributed by atoms with Crippen LogP contribution in [0.15, 0.2) is 60.9 Å². The SMILES string of the molecule is Oc1cccc(Oc2cnn(-c3ccc(Cl)cc3)c2)c1. The van der Waals surface area contributed by atoms with Crippen LogP contribution >= 0.6 is 11.6 Å². The van der Waals surface area contributed by atoms with E-state index in [1.165, 1.54) is 0 Å². The number of nitrogens with zero attached hydrogens (tertiary/aromatic N) is 2. The summed E-state index contributed by atoms with van der Waals surface area (Å²) < 4.78 is 7.30. The smallest absolute Gasteiger partial charge is 0.165 e. The number of ether oxygens (including phenoxy) is 1. The van der Waals surface area contributed by atoms with E-state index in [1.54, 1.807) is 53.5 Å². The Hall–Kier alpha value is -2.46. The Labute approximate surface area is 120 Å². The molecule has 0 saturated carbocycles. The van der Waals surface area contributed by atoms with E-state index in [2.05, 4.69) is 5.10 Å². The highest BCUT2D eigenvalue weighted by atomic mass is 35.5. The van der Waals surface area contributed by atoms with E-state index < -0.39 is 0 Å². The van der Waals surface area contributed by atoms with Gasteiger partial charge in [0.05, 0.1) is 18.1 Å². The highest BCUT2D eigenvalue weighted by molar-refractivity contribution is 6.30. The fourth-order valence-electron chi connectivity index (χ4n) is 1.78. The molecule has 0 spiro atoms. The summed E-state index contributed by atoms with van der Waals surface area (Å²) in [5.74, 6) is 1.30. The summed E-state index contributed by atoms with van der Waals surface area (Å²) in [6.45, 7) is 0. The van der Waals surface area contributed by atoms with Crippen LogP contribution < -0.4 is 4.74 Å². The molecule has 1 N–H and O–H groups in total. The normalized spacial score (nSPS) is 10.4. The van der Waals surface area contributed by atoms with Crippen molar-refractivity contribution in [2.24, 2.45) is 0 Å². The van der Waals surface area contributed by atoms with E-state index in [1.807, 2.05) is 12.1 Å². The first-order valence-electron chi connectivity index (χ1n) is 5.98. The van der Waals surface area contributed by atoms with Gasteiger partial charge in [0.2, 0.25) is 0 Å². The van der Waals surface area contributed by atoms with Gasteiger partial charge in [-0.15, -0.1) is 0 Å². The Bertz CT molecular complexity index is 723. The lowest BCUT2D eigenvalue weighted by molar-refractivity contribution is 0.455. The van der Waals surface area contributed by atoms with Crippen LogP contribution in [0.1, 0.15) is 0 Å². The molecule has 4 nitrogen and oxygen atoms in total. The summed E-state index contributed by atoms with van der Waals surface area (Å²) >= 11 is 5.85. The Kier molecular flexibility index (Phi) is 3.31. The highest BCUT2D eigenvalue weighted by Gasteiger charge is 2.04. The topological polar surface area (TPSA) is 47.3 Å². The number of aromatic nitrogens is 2. The Balaban J connectivity index is 1.82. The van der Waals surface area contributed by atoms with Gasteiger partial charge in [0.15, 0.2) is 5.75 Å². The predicted molar refractivity (Wildman–Crippen MR) is 76.8 cm³/mol. The van der Waals surface area contributed by atoms with E-state index in [9.17, 15) is 5.11 Å². The van der Waals surface area contributed by atoms with Crippen molar-refractivity contribution in [3.63, 3.8) is 0 Å². The monoisotopic (exact) mass is 286 g/mol. The largest absolute Gasteiger partial charge is 0.508 e. The molecule has 0 saturated heterocycles. The summed E-state index contributed by atoms with van der Waals surface area (Å²) in [5.41, 5.74) is 0.889. The summed E-state index contributed by atoms with van der Waals surface area (Å²) in [6.07, 6.45) is 3.37. The molecule has 0 fully saturated rings. The van der Waals surface area contributed by atoms with Crippen molar-refractivity contribution >= 4 is 11.6 Å². The highest BCUT2D eigenvalue weighted by Crippen LogP contribution is 2.25. The van der Waals surface area contributed by atoms with Gasteiger partial charge in [-0.25, -0.2) is 4.68 Å². The molecule has 0 aliphatic heterocycles. The summed E-state index contributed by atoms with van der Waals surface area (Å²) in [4.78, 5) is 0. The maximum atomic E-state index is 9.39. The van der Waals surface area contributed by atoms with Gasteiger partial charge in [-0.2, -0.15) is 5.10 Å². The van der Waals surface area contributed by atoms with Crippen molar-refractivity contribution < 1.29 is 9.84 Å². The van der Waals surface area contributed by atoms with E-state index in [0.717, 1.165) is 5.69 Å². The van der Waals surface area contributed by atoms with Crippen molar-refractivity contribution in [1.82, 2.24) is 9.78 Å². The van der Waals surface area contributed by atoms with Crippen molar-refractivity contribution in [1.29, 1.82) is 0 Å². The van der Waals surface area contributed by atoms with E-state index in [-0.39, 0.29) is 5.75 Å². The maximum Gasteiger partial charge on any atom is 0.165 e. The number of phenolic OH excluding ortho intramolecular Hbond substituents is 1. The zero-order valence-electron chi connectivity index (χ0n) is 10.4. The third-order valence-electron chi connectivity index (χ3n) is 2.70. The average molecular weight is 287 g/mol. The molecular weight excluding hydrogens is 276 g/mol. The Morgan fingerprint density at radius 3 is 2.60 bits per heavy atom. The molecule has 0 aliphatic rings. The number of hydrogen-bond acceptors (Lipinski definition) is 3. The van der Waals surface area contributed by atoms with Crippen molar-refractivity contribution in [3.8, 4) is 22.9 Å². The van der Waals surface area contributed by atoms with Crippen LogP contribution in [0.4, 0.5) is 0 Å². The molecule has 1 aromatic heterocycles. The number of aromatic hydroxyl groups is 1. The third-order valence-corrected chi connectivity index (χ3v) is 2.96. The lowest BCUT2D eigenvalue weighted by atomic mass is 10.3. The zero-order chi connectivity index (χ0) is 13.9. The molecule has 2 aromatic carbocycles. The average Bonchev–Trinajstić information content (AvgIpc) is 2.88. The minimum Gasteiger partial charge on any atom is -0.508 e. The van der Waals surface area contributed by atoms with Crippen LogP contribution in [-0.4, -0.2) is 14.9 Å². The minimum absolute atomic E-state index is 0.160. The second kappa shape index (κ2) is 5.27. The first kappa shape index (κ1) is 12.6. The number of benzene rings is 2. The molecule has 1 heterocycles. The predicted octanol–water partition coefficient (Wildman–Crippen LogP) is 4.02. The quantitative estimate of drug-likeness (QED) is 0.791. The van der Waals surface area contributed by atoms with Crippen LogP contribution in [0, 0.1) is 0 Å². The van der Waals surface area contributed by atoms with Crippen LogP contribution in [-0.2, 0) is 0 Å². The Morgan fingerprint density at radius 1 is 1.05 bits per heavy atom. The fourth-order valence-corrected chi connectivity index (χ4v) is 1.90. The summed E-state index contributed by atoms with van der Waals surface area (Å²) in [5, 5.41) is 14.3. The molecule has 0 amide bonds. The van der Waals surface area contributed by atoms with Crippen LogP contribution in [0.2, 0.25) is 5.02 Å². The standard InChI is InChI=1S/C15H11ClN2O2/c16-11-4-6-12(7-5-11)18-10-15(9-17-18)20-14-3-1-2-13(19)8-14/h1-10,19H. The molecule has 3 rings (SSSR count). The van der Waals surface area contributed by atoms with Crippen LogP contribution in [0.3, 0.4) is 0 Å². The summed E-state index contributed by atoms with van der Waals surface area (Å²) in [7, 11) is 0. The van der Waals surface area contributed by atoms with E-state index in [0.29, 0.717) is 16.5 Å². The van der Waals surface area contributed by atoms with Gasteiger partial charge in [0.1, 0.15) is 11.5 Å². The molecule has 0 atom stereocenters. The molecule has 100 valence electrons.